The van der Waals surface area contributed by atoms with Crippen LogP contribution in [0.15, 0.2) is 40.9 Å². The van der Waals surface area contributed by atoms with Crippen molar-refractivity contribution in [3.8, 4) is 11.5 Å². The van der Waals surface area contributed by atoms with E-state index in [0.717, 1.165) is 4.47 Å². The monoisotopic (exact) mass is 330 g/mol. The summed E-state index contributed by atoms with van der Waals surface area (Å²) in [5, 5.41) is 9.24. The van der Waals surface area contributed by atoms with Gasteiger partial charge in [0.1, 0.15) is 17.3 Å². The van der Waals surface area contributed by atoms with Crippen molar-refractivity contribution in [3.05, 3.63) is 57.3 Å². The quantitative estimate of drug-likeness (QED) is 0.895. The van der Waals surface area contributed by atoms with E-state index >= 15 is 0 Å². The van der Waals surface area contributed by atoms with E-state index in [1.807, 2.05) is 0 Å². The van der Waals surface area contributed by atoms with E-state index in [-0.39, 0.29) is 11.6 Å². The normalized spacial score (nSPS) is 10.4. The summed E-state index contributed by atoms with van der Waals surface area (Å²) in [5.41, 5.74) is 0.619. The Morgan fingerprint density at radius 3 is 2.67 bits per heavy atom. The van der Waals surface area contributed by atoms with Crippen molar-refractivity contribution in [1.82, 2.24) is 0 Å². The molecule has 5 heteroatoms. The summed E-state index contributed by atoms with van der Waals surface area (Å²) in [4.78, 5) is 0. The van der Waals surface area contributed by atoms with Crippen LogP contribution >= 0.6 is 27.5 Å². The average molecular weight is 332 g/mol. The number of hydrogen-bond acceptors (Lipinski definition) is 2. The first-order valence-electron chi connectivity index (χ1n) is 5.12. The van der Waals surface area contributed by atoms with Crippen LogP contribution in [0.1, 0.15) is 5.56 Å². The Morgan fingerprint density at radius 1 is 1.22 bits per heavy atom. The van der Waals surface area contributed by atoms with Gasteiger partial charge in [-0.2, -0.15) is 0 Å². The lowest BCUT2D eigenvalue weighted by atomic mass is 10.2. The molecule has 1 N–H and O–H groups in total. The van der Waals surface area contributed by atoms with Gasteiger partial charge in [0.15, 0.2) is 0 Å². The average Bonchev–Trinajstić information content (AvgIpc) is 2.34. The van der Waals surface area contributed by atoms with Gasteiger partial charge in [-0.25, -0.2) is 4.39 Å². The molecule has 2 nitrogen and oxygen atoms in total. The maximum atomic E-state index is 13.3. The molecule has 0 amide bonds. The van der Waals surface area contributed by atoms with Gasteiger partial charge in [-0.3, -0.25) is 0 Å². The summed E-state index contributed by atoms with van der Waals surface area (Å²) >= 11 is 8.90. The van der Waals surface area contributed by atoms with E-state index < -0.39 is 5.82 Å². The van der Waals surface area contributed by atoms with Gasteiger partial charge in [0.05, 0.1) is 11.6 Å². The Hall–Kier alpha value is -1.10. The lowest BCUT2D eigenvalue weighted by molar-refractivity contribution is 0.276. The van der Waals surface area contributed by atoms with Crippen molar-refractivity contribution in [1.29, 1.82) is 0 Å². The molecule has 2 aromatic carbocycles. The zero-order valence-corrected chi connectivity index (χ0v) is 11.5. The summed E-state index contributed by atoms with van der Waals surface area (Å²) in [5.74, 6) is 0.244. The zero-order valence-electron chi connectivity index (χ0n) is 9.16. The minimum Gasteiger partial charge on any atom is -0.457 e. The van der Waals surface area contributed by atoms with Crippen LogP contribution in [0.3, 0.4) is 0 Å². The van der Waals surface area contributed by atoms with Gasteiger partial charge in [-0.1, -0.05) is 33.6 Å². The van der Waals surface area contributed by atoms with Crippen molar-refractivity contribution in [2.45, 2.75) is 6.61 Å². The molecule has 0 fully saturated rings. The van der Waals surface area contributed by atoms with Crippen LogP contribution < -0.4 is 4.74 Å². The Morgan fingerprint density at radius 2 is 2.00 bits per heavy atom. The standard InChI is InChI=1S/C13H9BrClFO2/c14-9-2-1-8(7-17)13(5-9)18-10-3-4-11(15)12(16)6-10/h1-6,17H,7H2. The number of hydrogen-bond donors (Lipinski definition) is 1. The van der Waals surface area contributed by atoms with E-state index in [4.69, 9.17) is 16.3 Å². The van der Waals surface area contributed by atoms with Gasteiger partial charge in [0.2, 0.25) is 0 Å². The third-order valence-electron chi connectivity index (χ3n) is 2.32. The van der Waals surface area contributed by atoms with Crippen molar-refractivity contribution in [3.63, 3.8) is 0 Å². The second-order valence-corrected chi connectivity index (χ2v) is 4.91. The molecule has 0 aromatic heterocycles. The highest BCUT2D eigenvalue weighted by Gasteiger charge is 2.07. The van der Waals surface area contributed by atoms with Crippen LogP contribution in [0.25, 0.3) is 0 Å². The minimum atomic E-state index is -0.547. The molecule has 0 unspecified atom stereocenters. The fourth-order valence-corrected chi connectivity index (χ4v) is 1.88. The van der Waals surface area contributed by atoms with Crippen LogP contribution in [0.5, 0.6) is 11.5 Å². The molecule has 0 aliphatic heterocycles. The summed E-state index contributed by atoms with van der Waals surface area (Å²) in [6, 6.07) is 9.41. The molecule has 0 aliphatic carbocycles. The second kappa shape index (κ2) is 5.69. The van der Waals surface area contributed by atoms with Crippen LogP contribution in [0.2, 0.25) is 5.02 Å². The summed E-state index contributed by atoms with van der Waals surface area (Å²) in [6.45, 7) is -0.154. The van der Waals surface area contributed by atoms with Crippen molar-refractivity contribution < 1.29 is 14.2 Å². The zero-order chi connectivity index (χ0) is 13.1. The van der Waals surface area contributed by atoms with E-state index in [9.17, 15) is 9.50 Å². The fourth-order valence-electron chi connectivity index (χ4n) is 1.42. The third kappa shape index (κ3) is 3.02. The van der Waals surface area contributed by atoms with Crippen molar-refractivity contribution >= 4 is 27.5 Å². The van der Waals surface area contributed by atoms with Gasteiger partial charge < -0.3 is 9.84 Å². The molecule has 0 aliphatic rings. The first-order chi connectivity index (χ1) is 8.60. The molecule has 0 heterocycles. The van der Waals surface area contributed by atoms with Crippen LogP contribution in [-0.2, 0) is 6.61 Å². The molecule has 94 valence electrons. The molecule has 0 atom stereocenters. The number of rotatable bonds is 3. The van der Waals surface area contributed by atoms with E-state index in [2.05, 4.69) is 15.9 Å². The van der Waals surface area contributed by atoms with E-state index in [1.54, 1.807) is 24.3 Å². The van der Waals surface area contributed by atoms with Gasteiger partial charge in [-0.15, -0.1) is 0 Å². The third-order valence-corrected chi connectivity index (χ3v) is 3.12. The van der Waals surface area contributed by atoms with Crippen LogP contribution in [-0.4, -0.2) is 5.11 Å². The van der Waals surface area contributed by atoms with Crippen molar-refractivity contribution in [2.75, 3.05) is 0 Å². The molecular formula is C13H9BrClFO2. The van der Waals surface area contributed by atoms with Crippen molar-refractivity contribution in [2.24, 2.45) is 0 Å². The first-order valence-corrected chi connectivity index (χ1v) is 6.29. The summed E-state index contributed by atoms with van der Waals surface area (Å²) < 4.78 is 19.6. The fraction of sp³-hybridized carbons (Fsp3) is 0.0769. The Bertz CT molecular complexity index is 575. The topological polar surface area (TPSA) is 29.5 Å². The van der Waals surface area contributed by atoms with Crippen LogP contribution in [0, 0.1) is 5.82 Å². The van der Waals surface area contributed by atoms with Gasteiger partial charge in [0.25, 0.3) is 0 Å². The maximum Gasteiger partial charge on any atom is 0.145 e. The molecule has 2 rings (SSSR count). The van der Waals surface area contributed by atoms with Gasteiger partial charge in [0, 0.05) is 16.1 Å². The van der Waals surface area contributed by atoms with Gasteiger partial charge >= 0.3 is 0 Å². The van der Waals surface area contributed by atoms with Crippen LogP contribution in [0.4, 0.5) is 4.39 Å². The minimum absolute atomic E-state index is 0.0407. The highest BCUT2D eigenvalue weighted by atomic mass is 79.9. The molecule has 2 aromatic rings. The lowest BCUT2D eigenvalue weighted by Gasteiger charge is -2.10. The molecule has 0 saturated carbocycles. The highest BCUT2D eigenvalue weighted by Crippen LogP contribution is 2.30. The SMILES string of the molecule is OCc1ccc(Br)cc1Oc1ccc(Cl)c(F)c1. The maximum absolute atomic E-state index is 13.3. The smallest absolute Gasteiger partial charge is 0.145 e. The Labute approximate surface area is 117 Å². The predicted molar refractivity (Wildman–Crippen MR) is 71.5 cm³/mol. The number of benzene rings is 2. The summed E-state index contributed by atoms with van der Waals surface area (Å²) in [7, 11) is 0. The predicted octanol–water partition coefficient (Wildman–Crippen LogP) is 4.53. The molecule has 0 saturated heterocycles. The molecular weight excluding hydrogens is 322 g/mol. The van der Waals surface area contributed by atoms with E-state index in [0.29, 0.717) is 17.1 Å². The highest BCUT2D eigenvalue weighted by molar-refractivity contribution is 9.10. The molecule has 0 bridgehead atoms. The first kappa shape index (κ1) is 13.3. The molecule has 0 spiro atoms. The Balaban J connectivity index is 2.33. The number of halogens is 3. The van der Waals surface area contributed by atoms with E-state index in [1.165, 1.54) is 12.1 Å². The lowest BCUT2D eigenvalue weighted by Crippen LogP contribution is -1.92. The Kier molecular flexibility index (Phi) is 4.22. The summed E-state index contributed by atoms with van der Waals surface area (Å²) in [6.07, 6.45) is 0. The number of aliphatic hydroxyl groups is 1. The van der Waals surface area contributed by atoms with Gasteiger partial charge in [-0.05, 0) is 24.3 Å². The second-order valence-electron chi connectivity index (χ2n) is 3.59. The molecule has 18 heavy (non-hydrogen) atoms. The number of ether oxygens (including phenoxy) is 1. The largest absolute Gasteiger partial charge is 0.457 e. The number of aliphatic hydroxyl groups excluding tert-OH is 1. The molecule has 0 radical (unpaired) electrons.